The number of likely N-dealkylation sites (tertiary alicyclic amines) is 1. The van der Waals surface area contributed by atoms with Crippen molar-refractivity contribution >= 4 is 17.3 Å². The summed E-state index contributed by atoms with van der Waals surface area (Å²) in [5, 5.41) is 30.6. The quantitative estimate of drug-likeness (QED) is 0.224. The Labute approximate surface area is 276 Å². The summed E-state index contributed by atoms with van der Waals surface area (Å²) in [4.78, 5) is 17.6. The monoisotopic (exact) mass is 650 g/mol. The highest BCUT2D eigenvalue weighted by molar-refractivity contribution is 6.11. The van der Waals surface area contributed by atoms with Gasteiger partial charge < -0.3 is 14.8 Å². The number of nitriles is 2. The van der Waals surface area contributed by atoms with Crippen LogP contribution >= 0.6 is 0 Å². The van der Waals surface area contributed by atoms with Crippen molar-refractivity contribution in [2.75, 3.05) is 29.9 Å². The maximum atomic E-state index is 14.5. The maximum absolute atomic E-state index is 14.5. The van der Waals surface area contributed by atoms with Crippen molar-refractivity contribution in [1.29, 1.82) is 10.5 Å². The fourth-order valence-corrected chi connectivity index (χ4v) is 6.94. The minimum atomic E-state index is -4.64. The van der Waals surface area contributed by atoms with Crippen molar-refractivity contribution in [3.05, 3.63) is 82.7 Å². The van der Waals surface area contributed by atoms with Gasteiger partial charge in [-0.25, -0.2) is 0 Å². The van der Waals surface area contributed by atoms with Crippen molar-refractivity contribution in [3.8, 4) is 34.7 Å². The molecule has 4 aromatic rings. The number of anilines is 2. The second kappa shape index (κ2) is 11.8. The van der Waals surface area contributed by atoms with E-state index in [4.69, 9.17) is 0 Å². The van der Waals surface area contributed by atoms with Crippen LogP contribution in [0.4, 0.5) is 24.5 Å². The summed E-state index contributed by atoms with van der Waals surface area (Å²) in [6.07, 6.45) is 0.322. The van der Waals surface area contributed by atoms with Gasteiger partial charge in [-0.15, -0.1) is 10.2 Å². The predicted octanol–water partition coefficient (Wildman–Crippen LogP) is 6.76. The molecule has 3 aromatic carbocycles. The van der Waals surface area contributed by atoms with Gasteiger partial charge in [-0.1, -0.05) is 0 Å². The number of carbonyl (C=O) groups excluding carboxylic acids is 1. The van der Waals surface area contributed by atoms with Crippen LogP contribution < -0.4 is 10.2 Å². The van der Waals surface area contributed by atoms with Gasteiger partial charge >= 0.3 is 6.18 Å². The van der Waals surface area contributed by atoms with Crippen molar-refractivity contribution < 1.29 is 18.0 Å². The van der Waals surface area contributed by atoms with Crippen molar-refractivity contribution in [2.24, 2.45) is 18.4 Å². The van der Waals surface area contributed by atoms with E-state index in [2.05, 4.69) is 32.6 Å². The minimum absolute atomic E-state index is 0.0411. The summed E-state index contributed by atoms with van der Waals surface area (Å²) in [5.74, 6) is -0.292. The lowest BCUT2D eigenvalue weighted by atomic mass is 9.95. The zero-order valence-electron chi connectivity index (χ0n) is 26.6. The number of nitrogens with one attached hydrogen (secondary N) is 1. The molecule has 2 aliphatic heterocycles. The molecule has 1 N–H and O–H groups in total. The van der Waals surface area contributed by atoms with E-state index in [1.54, 1.807) is 61.3 Å². The second-order valence-electron chi connectivity index (χ2n) is 13.3. The SMILES string of the molecule is C[C@@H](C#N)CNc1cc(-c2cc(C#N)ccc2-c2nncn2C)cc(N2Cc3c(cc(CN4CCC5(CC5)C4)cc3C(F)(F)F)C2=O)c1. The summed E-state index contributed by atoms with van der Waals surface area (Å²) in [6, 6.07) is 17.6. The molecule has 3 aliphatic rings. The summed E-state index contributed by atoms with van der Waals surface area (Å²) in [7, 11) is 1.80. The van der Waals surface area contributed by atoms with Crippen LogP contribution in [0.1, 0.15) is 58.8 Å². The number of alkyl halides is 3. The van der Waals surface area contributed by atoms with Gasteiger partial charge in [0.05, 0.1) is 35.7 Å². The molecule has 244 valence electrons. The lowest BCUT2D eigenvalue weighted by molar-refractivity contribution is -0.138. The zero-order chi connectivity index (χ0) is 33.8. The molecule has 1 saturated heterocycles. The lowest BCUT2D eigenvalue weighted by Gasteiger charge is -2.21. The first-order chi connectivity index (χ1) is 23.0. The number of hydrogen-bond donors (Lipinski definition) is 1. The molecule has 0 unspecified atom stereocenters. The highest BCUT2D eigenvalue weighted by atomic mass is 19.4. The molecule has 1 amide bonds. The van der Waals surface area contributed by atoms with Crippen LogP contribution in [-0.4, -0.2) is 45.2 Å². The van der Waals surface area contributed by atoms with Gasteiger partial charge in [-0.3, -0.25) is 9.69 Å². The van der Waals surface area contributed by atoms with Crippen LogP contribution in [0.5, 0.6) is 0 Å². The first-order valence-electron chi connectivity index (χ1n) is 15.9. The van der Waals surface area contributed by atoms with Gasteiger partial charge in [0.25, 0.3) is 5.91 Å². The number of rotatable bonds is 8. The largest absolute Gasteiger partial charge is 0.416 e. The van der Waals surface area contributed by atoms with Gasteiger partial charge in [-0.05, 0) is 109 Å². The van der Waals surface area contributed by atoms with Crippen LogP contribution in [0.25, 0.3) is 22.5 Å². The zero-order valence-corrected chi connectivity index (χ0v) is 26.6. The number of aromatic nitrogens is 3. The normalized spacial score (nSPS) is 17.3. The van der Waals surface area contributed by atoms with E-state index in [0.717, 1.165) is 19.5 Å². The van der Waals surface area contributed by atoms with Crippen LogP contribution in [0.2, 0.25) is 0 Å². The van der Waals surface area contributed by atoms with E-state index in [9.17, 15) is 28.5 Å². The molecule has 1 spiro atoms. The molecule has 0 radical (unpaired) electrons. The van der Waals surface area contributed by atoms with Crippen molar-refractivity contribution in [3.63, 3.8) is 0 Å². The van der Waals surface area contributed by atoms with Gasteiger partial charge in [0.1, 0.15) is 6.33 Å². The molecule has 0 bridgehead atoms. The average molecular weight is 651 g/mol. The third-order valence-corrected chi connectivity index (χ3v) is 9.76. The van der Waals surface area contributed by atoms with Gasteiger partial charge in [0.15, 0.2) is 5.82 Å². The first kappa shape index (κ1) is 31.4. The Hall–Kier alpha value is -5.20. The van der Waals surface area contributed by atoms with Crippen LogP contribution in [0, 0.1) is 34.0 Å². The third-order valence-electron chi connectivity index (χ3n) is 9.76. The smallest absolute Gasteiger partial charge is 0.384 e. The van der Waals surface area contributed by atoms with Gasteiger partial charge in [0, 0.05) is 49.2 Å². The number of fused-ring (bicyclic) bond motifs is 1. The van der Waals surface area contributed by atoms with E-state index >= 15 is 0 Å². The second-order valence-corrected chi connectivity index (χ2v) is 13.3. The topological polar surface area (TPSA) is 114 Å². The molecule has 1 aromatic heterocycles. The number of aryl methyl sites for hydroxylation is 1. The van der Waals surface area contributed by atoms with E-state index in [1.165, 1.54) is 23.8 Å². The molecular formula is C36H33F3N8O. The Morgan fingerprint density at radius 1 is 1.04 bits per heavy atom. The molecular weight excluding hydrogens is 617 g/mol. The standard InChI is InChI=1S/C36H33F3N8O/c1-22(15-40)17-42-26-12-25(29-9-23(16-41)3-4-28(29)33-44-43-21-45(33)2)13-27(14-26)47-19-31-30(34(47)48)10-24(11-32(31)36(37,38)39)18-46-8-7-35(20-46)5-6-35/h3-4,9-14,21-22,42H,5-8,17-20H2,1-2H3/t22-/m0/s1. The third kappa shape index (κ3) is 5.88. The van der Waals surface area contributed by atoms with Gasteiger partial charge in [0.2, 0.25) is 0 Å². The fraction of sp³-hybridized carbons (Fsp3) is 0.361. The summed E-state index contributed by atoms with van der Waals surface area (Å²) in [6.45, 7) is 3.91. The fourth-order valence-electron chi connectivity index (χ4n) is 6.94. The molecule has 7 rings (SSSR count). The molecule has 9 nitrogen and oxygen atoms in total. The molecule has 1 aliphatic carbocycles. The first-order valence-corrected chi connectivity index (χ1v) is 15.9. The number of benzene rings is 3. The van der Waals surface area contributed by atoms with Crippen LogP contribution in [0.15, 0.2) is 54.9 Å². The van der Waals surface area contributed by atoms with E-state index in [0.29, 0.717) is 63.5 Å². The number of halogens is 3. The number of carbonyl (C=O) groups is 1. The average Bonchev–Trinajstić information content (AvgIpc) is 3.33. The van der Waals surface area contributed by atoms with Crippen LogP contribution in [0.3, 0.4) is 0 Å². The number of amides is 1. The number of nitrogens with zero attached hydrogens (tertiary/aromatic N) is 7. The lowest BCUT2D eigenvalue weighted by Crippen LogP contribution is -2.23. The summed E-state index contributed by atoms with van der Waals surface area (Å²) in [5.41, 5.74) is 3.32. The molecule has 1 saturated carbocycles. The summed E-state index contributed by atoms with van der Waals surface area (Å²) >= 11 is 0. The van der Waals surface area contributed by atoms with Gasteiger partial charge in [-0.2, -0.15) is 23.7 Å². The molecule has 12 heteroatoms. The van der Waals surface area contributed by atoms with Crippen LogP contribution in [-0.2, 0) is 26.3 Å². The maximum Gasteiger partial charge on any atom is 0.416 e. The highest BCUT2D eigenvalue weighted by Gasteiger charge is 2.47. The van der Waals surface area contributed by atoms with E-state index in [-0.39, 0.29) is 23.6 Å². The molecule has 2 fully saturated rings. The Balaban J connectivity index is 1.30. The van der Waals surface area contributed by atoms with Crippen molar-refractivity contribution in [2.45, 2.75) is 45.5 Å². The van der Waals surface area contributed by atoms with E-state index in [1.807, 2.05) is 6.07 Å². The Bertz CT molecular complexity index is 2020. The predicted molar refractivity (Wildman–Crippen MR) is 173 cm³/mol. The van der Waals surface area contributed by atoms with Crippen molar-refractivity contribution in [1.82, 2.24) is 19.7 Å². The summed E-state index contributed by atoms with van der Waals surface area (Å²) < 4.78 is 45.4. The Morgan fingerprint density at radius 2 is 1.85 bits per heavy atom. The Kier molecular flexibility index (Phi) is 7.72. The molecule has 1 atom stereocenters. The number of hydrogen-bond acceptors (Lipinski definition) is 7. The molecule has 3 heterocycles. The Morgan fingerprint density at radius 3 is 2.52 bits per heavy atom. The minimum Gasteiger partial charge on any atom is -0.384 e. The highest BCUT2D eigenvalue weighted by Crippen LogP contribution is 2.53. The van der Waals surface area contributed by atoms with E-state index < -0.39 is 17.6 Å². The molecule has 48 heavy (non-hydrogen) atoms.